The first-order chi connectivity index (χ1) is 25.0. The number of allylic oxidation sites excluding steroid dienone is 1. The molecular weight excluding hydrogens is 698 g/mol. The number of methoxy groups -OCH3 is 1. The van der Waals surface area contributed by atoms with Crippen molar-refractivity contribution in [2.75, 3.05) is 64.6 Å². The van der Waals surface area contributed by atoms with E-state index in [0.29, 0.717) is 31.9 Å². The van der Waals surface area contributed by atoms with E-state index in [4.69, 9.17) is 25.8 Å². The highest BCUT2D eigenvalue weighted by Gasteiger charge is 2.49. The van der Waals surface area contributed by atoms with Crippen LogP contribution in [0, 0.1) is 35.5 Å². The molecule has 3 heterocycles. The van der Waals surface area contributed by atoms with E-state index < -0.39 is 27.4 Å². The second kappa shape index (κ2) is 15.3. The molecule has 0 radical (unpaired) electrons. The number of ether oxygens (including phenoxy) is 3. The molecule has 3 aliphatic heterocycles. The molecule has 2 fully saturated rings. The van der Waals surface area contributed by atoms with Crippen molar-refractivity contribution in [3.8, 4) is 17.6 Å². The van der Waals surface area contributed by atoms with Gasteiger partial charge in [-0.3, -0.25) is 9.69 Å². The number of nitrogens with one attached hydrogen (secondary N) is 1. The van der Waals surface area contributed by atoms with E-state index in [1.54, 1.807) is 32.2 Å². The van der Waals surface area contributed by atoms with Gasteiger partial charge in [0.2, 0.25) is 5.91 Å². The predicted molar refractivity (Wildman–Crippen MR) is 203 cm³/mol. The number of halogens is 1. The molecule has 0 unspecified atom stereocenters. The highest BCUT2D eigenvalue weighted by Crippen LogP contribution is 2.49. The fraction of sp³-hybridized carbons (Fsp3) is 0.585. The minimum Gasteiger partial charge on any atom is -0.490 e. The molecule has 2 aliphatic carbocycles. The summed E-state index contributed by atoms with van der Waals surface area (Å²) in [7, 11) is -2.37. The lowest BCUT2D eigenvalue weighted by atomic mass is 9.64. The zero-order valence-corrected chi connectivity index (χ0v) is 32.2. The lowest BCUT2D eigenvalue weighted by Gasteiger charge is -2.48. The van der Waals surface area contributed by atoms with E-state index in [1.165, 1.54) is 11.1 Å². The van der Waals surface area contributed by atoms with Gasteiger partial charge < -0.3 is 19.1 Å². The Kier molecular flexibility index (Phi) is 11.0. The molecule has 2 bridgehead atoms. The van der Waals surface area contributed by atoms with E-state index in [9.17, 15) is 13.2 Å². The van der Waals surface area contributed by atoms with Crippen LogP contribution in [0.3, 0.4) is 0 Å². The number of hydrogen-bond donors (Lipinski definition) is 1. The molecule has 9 nitrogen and oxygen atoms in total. The standard InChI is InChI=1S/C41H52ClN3O6S/c1-29-8-6-18-41(49-3,17-4-5-19-44-20-22-50-23-21-44)36-13-10-32(36)26-45-27-40(16-7-9-31-24-33(42)11-14-35(31)40)28-51-38-15-12-34(25-37(38)45)52(47,48)43-39(46)30(29)2/h6,11-12,14-15,18,24-25,29-30,32,36H,5,7-10,13,16,19-23,26-28H2,1-3H3,(H,43,46)/b18-6+/t29-,30+,32-,36+,40-,41-/m0/s1. The largest absolute Gasteiger partial charge is 0.490 e. The van der Waals surface area contributed by atoms with Crippen LogP contribution in [-0.2, 0) is 36.1 Å². The number of hydrogen-bond acceptors (Lipinski definition) is 8. The number of morpholine rings is 1. The number of aryl methyl sites for hydroxylation is 1. The molecule has 2 aromatic carbocycles. The first-order valence-corrected chi connectivity index (χ1v) is 20.8. The van der Waals surface area contributed by atoms with Crippen molar-refractivity contribution < 1.29 is 27.4 Å². The first kappa shape index (κ1) is 37.3. The molecule has 1 spiro atoms. The molecule has 11 heteroatoms. The molecule has 6 atom stereocenters. The fourth-order valence-electron chi connectivity index (χ4n) is 8.87. The van der Waals surface area contributed by atoms with Gasteiger partial charge in [-0.2, -0.15) is 0 Å². The van der Waals surface area contributed by atoms with E-state index >= 15 is 0 Å². The van der Waals surface area contributed by atoms with Gasteiger partial charge >= 0.3 is 0 Å². The maximum atomic E-state index is 13.7. The van der Waals surface area contributed by atoms with Crippen LogP contribution in [0.2, 0.25) is 5.02 Å². The number of carbonyl (C=O) groups excluding carboxylic acids is 1. The Balaban J connectivity index is 1.28. The van der Waals surface area contributed by atoms with Crippen LogP contribution < -0.4 is 14.4 Å². The van der Waals surface area contributed by atoms with Crippen molar-refractivity contribution in [2.24, 2.45) is 23.7 Å². The van der Waals surface area contributed by atoms with Crippen LogP contribution in [0.1, 0.15) is 63.5 Å². The highest BCUT2D eigenvalue weighted by atomic mass is 35.5. The summed E-state index contributed by atoms with van der Waals surface area (Å²) in [5, 5.41) is 0.728. The van der Waals surface area contributed by atoms with E-state index in [2.05, 4.69) is 50.6 Å². The summed E-state index contributed by atoms with van der Waals surface area (Å²) in [4.78, 5) is 18.2. The molecule has 7 rings (SSSR count). The third-order valence-corrected chi connectivity index (χ3v) is 14.0. The minimum atomic E-state index is -4.13. The quantitative estimate of drug-likeness (QED) is 0.302. The number of benzene rings is 2. The monoisotopic (exact) mass is 749 g/mol. The fourth-order valence-corrected chi connectivity index (χ4v) is 10.1. The smallest absolute Gasteiger partial charge is 0.264 e. The molecular formula is C41H52ClN3O6S. The van der Waals surface area contributed by atoms with Crippen LogP contribution >= 0.6 is 11.6 Å². The van der Waals surface area contributed by atoms with Gasteiger partial charge in [0.1, 0.15) is 11.4 Å². The van der Waals surface area contributed by atoms with Gasteiger partial charge in [0.05, 0.1) is 30.4 Å². The first-order valence-electron chi connectivity index (χ1n) is 18.9. The number of amides is 1. The Morgan fingerprint density at radius 2 is 1.94 bits per heavy atom. The molecule has 0 aromatic heterocycles. The maximum absolute atomic E-state index is 13.7. The van der Waals surface area contributed by atoms with E-state index in [1.807, 2.05) is 13.0 Å². The molecule has 1 amide bonds. The van der Waals surface area contributed by atoms with Crippen molar-refractivity contribution in [1.29, 1.82) is 0 Å². The maximum Gasteiger partial charge on any atom is 0.264 e. The summed E-state index contributed by atoms with van der Waals surface area (Å²) in [6.45, 7) is 9.83. The van der Waals surface area contributed by atoms with Gasteiger partial charge in [0.25, 0.3) is 10.0 Å². The van der Waals surface area contributed by atoms with Crippen molar-refractivity contribution in [2.45, 2.75) is 74.7 Å². The van der Waals surface area contributed by atoms with Gasteiger partial charge in [-0.05, 0) is 97.9 Å². The summed E-state index contributed by atoms with van der Waals surface area (Å²) in [6.07, 6.45) is 10.4. The summed E-state index contributed by atoms with van der Waals surface area (Å²) < 4.78 is 48.5. The van der Waals surface area contributed by atoms with Crippen molar-refractivity contribution in [3.05, 3.63) is 64.7 Å². The average Bonchev–Trinajstić information content (AvgIpc) is 3.27. The SMILES string of the molecule is CO[C@@]1(C#CCCN2CCOCC2)/C=C/C[C@H](C)[C@@H](C)C(=O)NS(=O)(=O)c2ccc3c(c2)N(C[C@@H]2CC[C@H]21)C[C@@]1(CCCc2cc(Cl)ccc21)CO3. The van der Waals surface area contributed by atoms with Gasteiger partial charge in [0, 0.05) is 68.5 Å². The van der Waals surface area contributed by atoms with Crippen molar-refractivity contribution in [3.63, 3.8) is 0 Å². The van der Waals surface area contributed by atoms with Gasteiger partial charge in [-0.25, -0.2) is 13.1 Å². The number of anilines is 1. The van der Waals surface area contributed by atoms with Crippen LogP contribution in [0.4, 0.5) is 5.69 Å². The summed E-state index contributed by atoms with van der Waals surface area (Å²) >= 11 is 6.48. The lowest BCUT2D eigenvalue weighted by molar-refractivity contribution is -0.124. The summed E-state index contributed by atoms with van der Waals surface area (Å²) in [6, 6.07) is 11.2. The Morgan fingerprint density at radius 1 is 1.12 bits per heavy atom. The number of carbonyl (C=O) groups is 1. The Bertz CT molecular complexity index is 1850. The number of fused-ring (bicyclic) bond motifs is 4. The normalized spacial score (nSPS) is 32.5. The van der Waals surface area contributed by atoms with Gasteiger partial charge in [-0.15, -0.1) is 0 Å². The lowest BCUT2D eigenvalue weighted by Crippen LogP contribution is -2.52. The molecule has 1 saturated carbocycles. The number of rotatable bonds is 3. The third-order valence-electron chi connectivity index (χ3n) is 12.4. The molecule has 5 aliphatic rings. The van der Waals surface area contributed by atoms with Gasteiger partial charge in [0.15, 0.2) is 0 Å². The van der Waals surface area contributed by atoms with Crippen LogP contribution in [-0.4, -0.2) is 84.5 Å². The zero-order valence-electron chi connectivity index (χ0n) is 30.7. The molecule has 1 N–H and O–H groups in total. The van der Waals surface area contributed by atoms with E-state index in [0.717, 1.165) is 82.1 Å². The highest BCUT2D eigenvalue weighted by molar-refractivity contribution is 7.90. The second-order valence-corrected chi connectivity index (χ2v) is 17.7. The molecule has 280 valence electrons. The Morgan fingerprint density at radius 3 is 2.71 bits per heavy atom. The van der Waals surface area contributed by atoms with Crippen molar-refractivity contribution in [1.82, 2.24) is 9.62 Å². The average molecular weight is 750 g/mol. The topological polar surface area (TPSA) is 97.4 Å². The van der Waals surface area contributed by atoms with Gasteiger partial charge in [-0.1, -0.05) is 49.4 Å². The third kappa shape index (κ3) is 7.50. The van der Waals surface area contributed by atoms with E-state index in [-0.39, 0.29) is 28.1 Å². The zero-order chi connectivity index (χ0) is 36.5. The summed E-state index contributed by atoms with van der Waals surface area (Å²) in [5.74, 6) is 6.96. The Hall–Kier alpha value is -3.07. The molecule has 2 aromatic rings. The number of nitrogens with zero attached hydrogens (tertiary/aromatic N) is 2. The predicted octanol–water partition coefficient (Wildman–Crippen LogP) is 5.99. The number of sulfonamides is 1. The minimum absolute atomic E-state index is 0.0503. The van der Waals surface area contributed by atoms with Crippen LogP contribution in [0.15, 0.2) is 53.4 Å². The van der Waals surface area contributed by atoms with Crippen LogP contribution in [0.5, 0.6) is 5.75 Å². The van der Waals surface area contributed by atoms with Crippen molar-refractivity contribution >= 4 is 33.2 Å². The summed E-state index contributed by atoms with van der Waals surface area (Å²) in [5.41, 5.74) is 2.11. The Labute approximate surface area is 314 Å². The van der Waals surface area contributed by atoms with Crippen LogP contribution in [0.25, 0.3) is 0 Å². The molecule has 1 saturated heterocycles. The molecule has 52 heavy (non-hydrogen) atoms. The second-order valence-electron chi connectivity index (χ2n) is 15.6.